The minimum atomic E-state index is -0.150. The van der Waals surface area contributed by atoms with Gasteiger partial charge in [0.2, 0.25) is 0 Å². The normalized spacial score (nSPS) is 10.1. The highest BCUT2D eigenvalue weighted by atomic mass is 16.5. The second kappa shape index (κ2) is 7.36. The Kier molecular flexibility index (Phi) is 5.25. The monoisotopic (exact) mass is 300 g/mol. The molecule has 0 aliphatic heterocycles. The molecule has 0 aliphatic rings. The Morgan fingerprint density at radius 3 is 2.41 bits per heavy atom. The molecule has 2 rings (SSSR count). The summed E-state index contributed by atoms with van der Waals surface area (Å²) in [6.07, 6.45) is 0.751. The molecule has 1 amide bonds. The number of anilines is 1. The fourth-order valence-electron chi connectivity index (χ4n) is 2.09. The van der Waals surface area contributed by atoms with E-state index in [1.807, 2.05) is 24.3 Å². The van der Waals surface area contributed by atoms with Crippen molar-refractivity contribution in [3.05, 3.63) is 53.6 Å². The van der Waals surface area contributed by atoms with Gasteiger partial charge in [-0.3, -0.25) is 4.79 Å². The summed E-state index contributed by atoms with van der Waals surface area (Å²) in [4.78, 5) is 12.1. The van der Waals surface area contributed by atoms with Crippen LogP contribution >= 0.6 is 0 Å². The topological polar surface area (TPSA) is 73.6 Å². The molecule has 0 saturated heterocycles. The molecular weight excluding hydrogens is 280 g/mol. The Morgan fingerprint density at radius 2 is 1.82 bits per heavy atom. The Labute approximate surface area is 130 Å². The first-order chi connectivity index (χ1) is 10.6. The summed E-state index contributed by atoms with van der Waals surface area (Å²) in [7, 11) is 3.18. The van der Waals surface area contributed by atoms with Gasteiger partial charge >= 0.3 is 0 Å². The molecule has 0 bridgehead atoms. The number of nitrogens with two attached hydrogens (primary N) is 1. The predicted octanol–water partition coefficient (Wildman–Crippen LogP) is 2.26. The van der Waals surface area contributed by atoms with Gasteiger partial charge in [0, 0.05) is 12.1 Å². The van der Waals surface area contributed by atoms with Crippen molar-refractivity contribution >= 4 is 11.6 Å². The number of carbonyl (C=O) groups excluding carboxylic acids is 1. The second-order valence-electron chi connectivity index (χ2n) is 4.81. The fraction of sp³-hybridized carbons (Fsp3) is 0.235. The van der Waals surface area contributed by atoms with E-state index >= 15 is 0 Å². The van der Waals surface area contributed by atoms with Crippen LogP contribution < -0.4 is 20.5 Å². The zero-order valence-corrected chi connectivity index (χ0v) is 12.8. The quantitative estimate of drug-likeness (QED) is 0.803. The standard InChI is InChI=1S/C17H20N2O3/c1-21-14-6-3-12(4-7-14)9-10-19-17(20)13-5-8-16(22-2)15(18)11-13/h3-8,11H,9-10,18H2,1-2H3,(H,19,20). The van der Waals surface area contributed by atoms with E-state index < -0.39 is 0 Å². The molecule has 116 valence electrons. The number of nitrogen functional groups attached to an aromatic ring is 1. The third-order valence-corrected chi connectivity index (χ3v) is 3.35. The molecule has 3 N–H and O–H groups in total. The molecule has 2 aromatic rings. The summed E-state index contributed by atoms with van der Waals surface area (Å²) >= 11 is 0. The molecule has 0 saturated carbocycles. The van der Waals surface area contributed by atoms with E-state index in [0.717, 1.165) is 17.7 Å². The van der Waals surface area contributed by atoms with Crippen LogP contribution in [0.25, 0.3) is 0 Å². The van der Waals surface area contributed by atoms with Gasteiger partial charge in [-0.25, -0.2) is 0 Å². The van der Waals surface area contributed by atoms with E-state index in [1.54, 1.807) is 32.4 Å². The minimum Gasteiger partial charge on any atom is -0.497 e. The van der Waals surface area contributed by atoms with Crippen molar-refractivity contribution in [3.63, 3.8) is 0 Å². The fourth-order valence-corrected chi connectivity index (χ4v) is 2.09. The number of hydrogen-bond donors (Lipinski definition) is 2. The SMILES string of the molecule is COc1ccc(CCNC(=O)c2ccc(OC)c(N)c2)cc1. The average molecular weight is 300 g/mol. The van der Waals surface area contributed by atoms with Gasteiger partial charge in [-0.1, -0.05) is 12.1 Å². The van der Waals surface area contributed by atoms with Gasteiger partial charge in [-0.2, -0.15) is 0 Å². The minimum absolute atomic E-state index is 0.150. The molecule has 0 unspecified atom stereocenters. The Balaban J connectivity index is 1.88. The lowest BCUT2D eigenvalue weighted by Gasteiger charge is -2.08. The molecule has 0 fully saturated rings. The van der Waals surface area contributed by atoms with Crippen LogP contribution in [0.3, 0.4) is 0 Å². The molecule has 5 heteroatoms. The van der Waals surface area contributed by atoms with Crippen LogP contribution in [0.1, 0.15) is 15.9 Å². The first-order valence-corrected chi connectivity index (χ1v) is 6.98. The van der Waals surface area contributed by atoms with Crippen LogP contribution in [0.5, 0.6) is 11.5 Å². The third-order valence-electron chi connectivity index (χ3n) is 3.35. The van der Waals surface area contributed by atoms with Crippen molar-refractivity contribution in [2.75, 3.05) is 26.5 Å². The maximum atomic E-state index is 12.1. The van der Waals surface area contributed by atoms with Crippen molar-refractivity contribution in [1.82, 2.24) is 5.32 Å². The van der Waals surface area contributed by atoms with E-state index in [0.29, 0.717) is 23.5 Å². The number of benzene rings is 2. The molecule has 0 heterocycles. The summed E-state index contributed by atoms with van der Waals surface area (Å²) in [6.45, 7) is 0.553. The lowest BCUT2D eigenvalue weighted by molar-refractivity contribution is 0.0954. The van der Waals surface area contributed by atoms with Gasteiger partial charge in [-0.05, 0) is 42.3 Å². The van der Waals surface area contributed by atoms with Crippen molar-refractivity contribution in [3.8, 4) is 11.5 Å². The Bertz CT molecular complexity index is 639. The van der Waals surface area contributed by atoms with Gasteiger partial charge in [0.05, 0.1) is 19.9 Å². The number of ether oxygens (including phenoxy) is 2. The summed E-state index contributed by atoms with van der Waals surface area (Å²) < 4.78 is 10.2. The van der Waals surface area contributed by atoms with Crippen molar-refractivity contribution < 1.29 is 14.3 Å². The number of methoxy groups -OCH3 is 2. The van der Waals surface area contributed by atoms with E-state index in [9.17, 15) is 4.79 Å². The summed E-state index contributed by atoms with van der Waals surface area (Å²) in [5, 5.41) is 2.87. The van der Waals surface area contributed by atoms with E-state index in [4.69, 9.17) is 15.2 Å². The molecule has 2 aromatic carbocycles. The molecule has 0 aliphatic carbocycles. The van der Waals surface area contributed by atoms with Crippen LogP contribution in [-0.2, 0) is 6.42 Å². The van der Waals surface area contributed by atoms with Crippen molar-refractivity contribution in [1.29, 1.82) is 0 Å². The van der Waals surface area contributed by atoms with Gasteiger partial charge < -0.3 is 20.5 Å². The number of carbonyl (C=O) groups is 1. The lowest BCUT2D eigenvalue weighted by Crippen LogP contribution is -2.25. The van der Waals surface area contributed by atoms with Crippen molar-refractivity contribution in [2.24, 2.45) is 0 Å². The van der Waals surface area contributed by atoms with E-state index in [1.165, 1.54) is 0 Å². The zero-order valence-electron chi connectivity index (χ0n) is 12.8. The highest BCUT2D eigenvalue weighted by molar-refractivity contribution is 5.95. The summed E-state index contributed by atoms with van der Waals surface area (Å²) in [5.41, 5.74) is 7.91. The van der Waals surface area contributed by atoms with Gasteiger partial charge in [0.15, 0.2) is 0 Å². The van der Waals surface area contributed by atoms with Crippen LogP contribution in [0.15, 0.2) is 42.5 Å². The van der Waals surface area contributed by atoms with Gasteiger partial charge in [-0.15, -0.1) is 0 Å². The summed E-state index contributed by atoms with van der Waals surface area (Å²) in [6, 6.07) is 12.8. The Hall–Kier alpha value is -2.69. The highest BCUT2D eigenvalue weighted by Crippen LogP contribution is 2.21. The van der Waals surface area contributed by atoms with Gasteiger partial charge in [0.25, 0.3) is 5.91 Å². The van der Waals surface area contributed by atoms with Gasteiger partial charge in [0.1, 0.15) is 11.5 Å². The first kappa shape index (κ1) is 15.7. The smallest absolute Gasteiger partial charge is 0.251 e. The maximum absolute atomic E-state index is 12.1. The predicted molar refractivity (Wildman–Crippen MR) is 86.4 cm³/mol. The molecule has 5 nitrogen and oxygen atoms in total. The van der Waals surface area contributed by atoms with Crippen LogP contribution in [-0.4, -0.2) is 26.7 Å². The van der Waals surface area contributed by atoms with E-state index in [2.05, 4.69) is 5.32 Å². The number of hydrogen-bond acceptors (Lipinski definition) is 4. The van der Waals surface area contributed by atoms with Crippen molar-refractivity contribution in [2.45, 2.75) is 6.42 Å². The van der Waals surface area contributed by atoms with Crippen LogP contribution in [0.2, 0.25) is 0 Å². The lowest BCUT2D eigenvalue weighted by atomic mass is 10.1. The second-order valence-corrected chi connectivity index (χ2v) is 4.81. The zero-order chi connectivity index (χ0) is 15.9. The maximum Gasteiger partial charge on any atom is 0.251 e. The molecule has 0 atom stereocenters. The Morgan fingerprint density at radius 1 is 1.09 bits per heavy atom. The summed E-state index contributed by atoms with van der Waals surface area (Å²) in [5.74, 6) is 1.24. The van der Waals surface area contributed by atoms with E-state index in [-0.39, 0.29) is 5.91 Å². The molecule has 0 radical (unpaired) electrons. The molecule has 22 heavy (non-hydrogen) atoms. The van der Waals surface area contributed by atoms with Crippen LogP contribution in [0, 0.1) is 0 Å². The number of amides is 1. The molecule has 0 aromatic heterocycles. The number of rotatable bonds is 6. The number of nitrogens with one attached hydrogen (secondary N) is 1. The van der Waals surface area contributed by atoms with Crippen LogP contribution in [0.4, 0.5) is 5.69 Å². The largest absolute Gasteiger partial charge is 0.497 e. The highest BCUT2D eigenvalue weighted by Gasteiger charge is 2.08. The average Bonchev–Trinajstić information content (AvgIpc) is 2.55. The third kappa shape index (κ3) is 3.91. The first-order valence-electron chi connectivity index (χ1n) is 6.98. The molecular formula is C17H20N2O3. The molecule has 0 spiro atoms.